The van der Waals surface area contributed by atoms with Crippen LogP contribution in [0, 0.1) is 19.7 Å². The van der Waals surface area contributed by atoms with Crippen LogP contribution in [0.15, 0.2) is 24.5 Å². The summed E-state index contributed by atoms with van der Waals surface area (Å²) in [5.74, 6) is 0.324. The Morgan fingerprint density at radius 1 is 1.12 bits per heavy atom. The topological polar surface area (TPSA) is 35.0 Å². The molecule has 1 heterocycles. The number of aromatic nitrogens is 2. The lowest BCUT2D eigenvalue weighted by Crippen LogP contribution is -1.95. The maximum atomic E-state index is 13.4. The molecule has 0 unspecified atom stereocenters. The van der Waals surface area contributed by atoms with Gasteiger partial charge in [0.05, 0.1) is 24.7 Å². The molecule has 1 aromatic carbocycles. The van der Waals surface area contributed by atoms with E-state index in [1.54, 1.807) is 26.4 Å². The van der Waals surface area contributed by atoms with Crippen LogP contribution in [0.1, 0.15) is 11.3 Å². The third kappa shape index (κ3) is 2.25. The Morgan fingerprint density at radius 2 is 1.88 bits per heavy atom. The van der Waals surface area contributed by atoms with Crippen molar-refractivity contribution in [2.45, 2.75) is 13.8 Å². The average molecular weight is 232 g/mol. The van der Waals surface area contributed by atoms with Gasteiger partial charge in [-0.2, -0.15) is 0 Å². The van der Waals surface area contributed by atoms with E-state index in [-0.39, 0.29) is 5.82 Å². The molecule has 0 aliphatic carbocycles. The maximum absolute atomic E-state index is 13.4. The SMILES string of the molecule is COc1c(C)cc(F)cc1-c1cnc(C)cn1. The molecule has 4 heteroatoms. The van der Waals surface area contributed by atoms with Crippen LogP contribution < -0.4 is 4.74 Å². The van der Waals surface area contributed by atoms with Crippen molar-refractivity contribution in [3.05, 3.63) is 41.6 Å². The molecule has 0 aliphatic heterocycles. The van der Waals surface area contributed by atoms with Gasteiger partial charge < -0.3 is 4.74 Å². The number of rotatable bonds is 2. The van der Waals surface area contributed by atoms with E-state index in [0.717, 1.165) is 11.3 Å². The van der Waals surface area contributed by atoms with E-state index in [0.29, 0.717) is 17.0 Å². The van der Waals surface area contributed by atoms with E-state index in [4.69, 9.17) is 4.74 Å². The quantitative estimate of drug-likeness (QED) is 0.798. The third-order valence-electron chi connectivity index (χ3n) is 2.50. The smallest absolute Gasteiger partial charge is 0.131 e. The minimum Gasteiger partial charge on any atom is -0.496 e. The number of benzene rings is 1. The van der Waals surface area contributed by atoms with Crippen LogP contribution in [0.2, 0.25) is 0 Å². The van der Waals surface area contributed by atoms with Crippen molar-refractivity contribution in [3.8, 4) is 17.0 Å². The Hall–Kier alpha value is -1.97. The summed E-state index contributed by atoms with van der Waals surface area (Å²) in [5.41, 5.74) is 2.79. The van der Waals surface area contributed by atoms with Crippen molar-refractivity contribution in [1.29, 1.82) is 0 Å². The molecular formula is C13H13FN2O. The molecule has 88 valence electrons. The van der Waals surface area contributed by atoms with Gasteiger partial charge in [0.15, 0.2) is 0 Å². The fourth-order valence-corrected chi connectivity index (χ4v) is 1.72. The molecule has 0 fully saturated rings. The molecule has 3 nitrogen and oxygen atoms in total. The predicted octanol–water partition coefficient (Wildman–Crippen LogP) is 2.91. The van der Waals surface area contributed by atoms with Crippen molar-refractivity contribution < 1.29 is 9.13 Å². The lowest BCUT2D eigenvalue weighted by Gasteiger charge is -2.11. The molecule has 0 aliphatic rings. The Bertz CT molecular complexity index is 538. The summed E-state index contributed by atoms with van der Waals surface area (Å²) < 4.78 is 18.7. The van der Waals surface area contributed by atoms with Crippen molar-refractivity contribution in [2.24, 2.45) is 0 Å². The van der Waals surface area contributed by atoms with E-state index < -0.39 is 0 Å². The number of halogens is 1. The molecule has 0 N–H and O–H groups in total. The van der Waals surface area contributed by atoms with Crippen LogP contribution in [0.4, 0.5) is 4.39 Å². The van der Waals surface area contributed by atoms with Crippen LogP contribution in [0.25, 0.3) is 11.3 Å². The normalized spacial score (nSPS) is 10.4. The molecule has 0 radical (unpaired) electrons. The average Bonchev–Trinajstić information content (AvgIpc) is 2.29. The number of nitrogens with zero attached hydrogens (tertiary/aromatic N) is 2. The van der Waals surface area contributed by atoms with Gasteiger partial charge in [0, 0.05) is 11.8 Å². The minimum atomic E-state index is -0.305. The molecule has 0 spiro atoms. The summed E-state index contributed by atoms with van der Waals surface area (Å²) in [6.45, 7) is 3.65. The van der Waals surface area contributed by atoms with Crippen molar-refractivity contribution in [2.75, 3.05) is 7.11 Å². The van der Waals surface area contributed by atoms with Crippen molar-refractivity contribution >= 4 is 0 Å². The van der Waals surface area contributed by atoms with Crippen molar-refractivity contribution in [1.82, 2.24) is 9.97 Å². The summed E-state index contributed by atoms with van der Waals surface area (Å²) in [4.78, 5) is 8.38. The zero-order valence-electron chi connectivity index (χ0n) is 9.99. The number of methoxy groups -OCH3 is 1. The first-order chi connectivity index (χ1) is 8.11. The summed E-state index contributed by atoms with van der Waals surface area (Å²) in [5, 5.41) is 0. The lowest BCUT2D eigenvalue weighted by atomic mass is 10.1. The second kappa shape index (κ2) is 4.49. The van der Waals surface area contributed by atoms with Gasteiger partial charge in [-0.15, -0.1) is 0 Å². The first kappa shape index (κ1) is 11.5. The first-order valence-corrected chi connectivity index (χ1v) is 5.25. The van der Waals surface area contributed by atoms with E-state index in [1.165, 1.54) is 12.1 Å². The zero-order chi connectivity index (χ0) is 12.4. The summed E-state index contributed by atoms with van der Waals surface area (Å²) in [6, 6.07) is 2.84. The zero-order valence-corrected chi connectivity index (χ0v) is 9.99. The summed E-state index contributed by atoms with van der Waals surface area (Å²) in [7, 11) is 1.56. The highest BCUT2D eigenvalue weighted by molar-refractivity contribution is 5.68. The summed E-state index contributed by atoms with van der Waals surface area (Å²) in [6.07, 6.45) is 3.26. The van der Waals surface area contributed by atoms with Gasteiger partial charge in [0.2, 0.25) is 0 Å². The van der Waals surface area contributed by atoms with E-state index in [9.17, 15) is 4.39 Å². The number of hydrogen-bond acceptors (Lipinski definition) is 3. The van der Waals surface area contributed by atoms with Gasteiger partial charge in [-0.1, -0.05) is 0 Å². The van der Waals surface area contributed by atoms with Crippen molar-refractivity contribution in [3.63, 3.8) is 0 Å². The molecule has 0 bridgehead atoms. The molecule has 1 aromatic heterocycles. The fourth-order valence-electron chi connectivity index (χ4n) is 1.72. The Morgan fingerprint density at radius 3 is 2.47 bits per heavy atom. The summed E-state index contributed by atoms with van der Waals surface area (Å²) >= 11 is 0. The Labute approximate surface area is 99.3 Å². The second-order valence-electron chi connectivity index (χ2n) is 3.85. The Balaban J connectivity index is 2.61. The van der Waals surface area contributed by atoms with E-state index >= 15 is 0 Å². The molecule has 0 saturated heterocycles. The van der Waals surface area contributed by atoms with Gasteiger partial charge in [-0.3, -0.25) is 9.97 Å². The van der Waals surface area contributed by atoms with E-state index in [2.05, 4.69) is 9.97 Å². The fraction of sp³-hybridized carbons (Fsp3) is 0.231. The Kier molecular flexibility index (Phi) is 3.04. The highest BCUT2D eigenvalue weighted by atomic mass is 19.1. The monoisotopic (exact) mass is 232 g/mol. The van der Waals surface area contributed by atoms with Crippen LogP contribution in [0.5, 0.6) is 5.75 Å². The first-order valence-electron chi connectivity index (χ1n) is 5.25. The largest absolute Gasteiger partial charge is 0.496 e. The van der Waals surface area contributed by atoms with Gasteiger partial charge in [-0.05, 0) is 31.5 Å². The number of aryl methyl sites for hydroxylation is 2. The number of ether oxygens (including phenoxy) is 1. The highest BCUT2D eigenvalue weighted by Gasteiger charge is 2.12. The van der Waals surface area contributed by atoms with Crippen LogP contribution in [-0.2, 0) is 0 Å². The van der Waals surface area contributed by atoms with Gasteiger partial charge in [-0.25, -0.2) is 4.39 Å². The second-order valence-corrected chi connectivity index (χ2v) is 3.85. The minimum absolute atomic E-state index is 0.305. The third-order valence-corrected chi connectivity index (χ3v) is 2.50. The van der Waals surface area contributed by atoms with Gasteiger partial charge >= 0.3 is 0 Å². The highest BCUT2D eigenvalue weighted by Crippen LogP contribution is 2.32. The van der Waals surface area contributed by atoms with E-state index in [1.807, 2.05) is 6.92 Å². The molecule has 17 heavy (non-hydrogen) atoms. The molecular weight excluding hydrogens is 219 g/mol. The van der Waals surface area contributed by atoms with Crippen LogP contribution >= 0.6 is 0 Å². The van der Waals surface area contributed by atoms with Crippen LogP contribution in [0.3, 0.4) is 0 Å². The molecule has 0 amide bonds. The predicted molar refractivity (Wildman–Crippen MR) is 63.5 cm³/mol. The van der Waals surface area contributed by atoms with Gasteiger partial charge in [0.25, 0.3) is 0 Å². The lowest BCUT2D eigenvalue weighted by molar-refractivity contribution is 0.412. The van der Waals surface area contributed by atoms with Gasteiger partial charge in [0.1, 0.15) is 11.6 Å². The molecule has 2 aromatic rings. The molecule has 0 saturated carbocycles. The molecule has 2 rings (SSSR count). The number of hydrogen-bond donors (Lipinski definition) is 0. The molecule has 0 atom stereocenters. The maximum Gasteiger partial charge on any atom is 0.131 e. The van der Waals surface area contributed by atoms with Crippen LogP contribution in [-0.4, -0.2) is 17.1 Å². The standard InChI is InChI=1S/C13H13FN2O/c1-8-4-10(14)5-11(13(8)17-3)12-7-15-9(2)6-16-12/h4-7H,1-3H3.